The van der Waals surface area contributed by atoms with Gasteiger partial charge in [0, 0.05) is 6.54 Å². The van der Waals surface area contributed by atoms with E-state index in [2.05, 4.69) is 15.3 Å². The first-order chi connectivity index (χ1) is 11.2. The molecule has 1 aliphatic rings. The van der Waals surface area contributed by atoms with E-state index in [1.54, 1.807) is 7.11 Å². The molecule has 0 aliphatic heterocycles. The van der Waals surface area contributed by atoms with E-state index in [0.717, 1.165) is 24.0 Å². The molecule has 0 bridgehead atoms. The molecule has 0 radical (unpaired) electrons. The fraction of sp³-hybridized carbons (Fsp3) is 0.529. The van der Waals surface area contributed by atoms with Gasteiger partial charge < -0.3 is 21.5 Å². The number of methoxy groups -OCH3 is 1. The van der Waals surface area contributed by atoms with E-state index in [-0.39, 0.29) is 0 Å². The number of fused-ring (bicyclic) bond motifs is 1. The number of rotatable bonds is 5. The number of anilines is 2. The molecule has 23 heavy (non-hydrogen) atoms. The maximum absolute atomic E-state index is 6.09. The summed E-state index contributed by atoms with van der Waals surface area (Å²) in [5, 5.41) is 4.11. The average Bonchev–Trinajstić information content (AvgIpc) is 2.59. The molecule has 124 valence electrons. The van der Waals surface area contributed by atoms with Crippen LogP contribution in [-0.2, 0) is 0 Å². The number of nitrogen functional groups attached to an aromatic ring is 1. The van der Waals surface area contributed by atoms with E-state index in [4.69, 9.17) is 16.2 Å². The molecule has 0 saturated heterocycles. The third kappa shape index (κ3) is 3.47. The summed E-state index contributed by atoms with van der Waals surface area (Å²) in [7, 11) is 1.62. The third-order valence-corrected chi connectivity index (χ3v) is 4.78. The van der Waals surface area contributed by atoms with Crippen molar-refractivity contribution in [1.82, 2.24) is 9.97 Å². The van der Waals surface area contributed by atoms with Crippen LogP contribution >= 0.6 is 0 Å². The highest BCUT2D eigenvalue weighted by molar-refractivity contribution is 5.94. The summed E-state index contributed by atoms with van der Waals surface area (Å²) < 4.78 is 5.33. The molecular weight excluding hydrogens is 290 g/mol. The predicted molar refractivity (Wildman–Crippen MR) is 93.5 cm³/mol. The molecule has 2 aromatic rings. The second-order valence-electron chi connectivity index (χ2n) is 6.29. The number of benzene rings is 1. The molecular formula is C17H25N5O. The molecule has 1 saturated carbocycles. The molecule has 5 N–H and O–H groups in total. The maximum atomic E-state index is 6.09. The van der Waals surface area contributed by atoms with Gasteiger partial charge in [0.1, 0.15) is 11.6 Å². The summed E-state index contributed by atoms with van der Waals surface area (Å²) in [5.74, 6) is 3.09. The molecule has 6 nitrogen and oxygen atoms in total. The zero-order chi connectivity index (χ0) is 16.2. The van der Waals surface area contributed by atoms with Gasteiger partial charge >= 0.3 is 0 Å². The minimum absolute atomic E-state index is 0.446. The SMILES string of the molecule is COc1cccc2nc(NCC3CCC(CN)CC3)nc(N)c12. The fourth-order valence-electron chi connectivity index (χ4n) is 3.34. The summed E-state index contributed by atoms with van der Waals surface area (Å²) in [6.07, 6.45) is 4.87. The van der Waals surface area contributed by atoms with Crippen molar-refractivity contribution in [2.45, 2.75) is 25.7 Å². The Balaban J connectivity index is 1.69. The van der Waals surface area contributed by atoms with Gasteiger partial charge in [0.25, 0.3) is 0 Å². The van der Waals surface area contributed by atoms with Gasteiger partial charge in [-0.3, -0.25) is 0 Å². The Labute approximate surface area is 136 Å². The highest BCUT2D eigenvalue weighted by Gasteiger charge is 2.20. The largest absolute Gasteiger partial charge is 0.496 e. The Bertz CT molecular complexity index is 667. The lowest BCUT2D eigenvalue weighted by Gasteiger charge is -2.27. The first-order valence-corrected chi connectivity index (χ1v) is 8.25. The summed E-state index contributed by atoms with van der Waals surface area (Å²) in [5.41, 5.74) is 12.6. The van der Waals surface area contributed by atoms with Crippen molar-refractivity contribution in [3.8, 4) is 5.75 Å². The van der Waals surface area contributed by atoms with Crippen LogP contribution in [0.15, 0.2) is 18.2 Å². The molecule has 1 aromatic carbocycles. The molecule has 1 heterocycles. The van der Waals surface area contributed by atoms with Crippen molar-refractivity contribution in [2.75, 3.05) is 31.2 Å². The Morgan fingerprint density at radius 1 is 1.17 bits per heavy atom. The molecule has 1 aromatic heterocycles. The first kappa shape index (κ1) is 15.8. The van der Waals surface area contributed by atoms with Gasteiger partial charge in [0.15, 0.2) is 0 Å². The van der Waals surface area contributed by atoms with Gasteiger partial charge in [-0.15, -0.1) is 0 Å². The highest BCUT2D eigenvalue weighted by atomic mass is 16.5. The van der Waals surface area contributed by atoms with Crippen LogP contribution in [0.5, 0.6) is 5.75 Å². The lowest BCUT2D eigenvalue weighted by molar-refractivity contribution is 0.289. The standard InChI is InChI=1S/C17H25N5O/c1-23-14-4-2-3-13-15(14)16(19)22-17(21-13)20-10-12-7-5-11(9-18)6-8-12/h2-4,11-12H,5-10,18H2,1H3,(H3,19,20,21,22). The number of hydrogen-bond acceptors (Lipinski definition) is 6. The molecule has 1 fully saturated rings. The number of nitrogens with zero attached hydrogens (tertiary/aromatic N) is 2. The second-order valence-corrected chi connectivity index (χ2v) is 6.29. The topological polar surface area (TPSA) is 99.1 Å². The van der Waals surface area contributed by atoms with Gasteiger partial charge in [-0.25, -0.2) is 4.98 Å². The second kappa shape index (κ2) is 7.00. The zero-order valence-corrected chi connectivity index (χ0v) is 13.6. The van der Waals surface area contributed by atoms with Crippen LogP contribution < -0.4 is 21.5 Å². The van der Waals surface area contributed by atoms with Crippen LogP contribution in [0.25, 0.3) is 10.9 Å². The molecule has 0 spiro atoms. The quantitative estimate of drug-likeness (QED) is 0.783. The van der Waals surface area contributed by atoms with Crippen molar-refractivity contribution in [3.63, 3.8) is 0 Å². The third-order valence-electron chi connectivity index (χ3n) is 4.78. The molecule has 0 amide bonds. The first-order valence-electron chi connectivity index (χ1n) is 8.25. The lowest BCUT2D eigenvalue weighted by Crippen LogP contribution is -2.25. The van der Waals surface area contributed by atoms with Crippen molar-refractivity contribution >= 4 is 22.7 Å². The highest BCUT2D eigenvalue weighted by Crippen LogP contribution is 2.30. The van der Waals surface area contributed by atoms with Gasteiger partial charge in [-0.2, -0.15) is 4.98 Å². The van der Waals surface area contributed by atoms with Gasteiger partial charge in [-0.1, -0.05) is 6.07 Å². The monoisotopic (exact) mass is 315 g/mol. The Morgan fingerprint density at radius 3 is 2.61 bits per heavy atom. The van der Waals surface area contributed by atoms with E-state index in [0.29, 0.717) is 29.4 Å². The number of hydrogen-bond donors (Lipinski definition) is 3. The van der Waals surface area contributed by atoms with Crippen LogP contribution in [-0.4, -0.2) is 30.2 Å². The number of nitrogens with one attached hydrogen (secondary N) is 1. The van der Waals surface area contributed by atoms with Crippen molar-refractivity contribution in [2.24, 2.45) is 17.6 Å². The Kier molecular flexibility index (Phi) is 4.81. The van der Waals surface area contributed by atoms with Crippen molar-refractivity contribution in [1.29, 1.82) is 0 Å². The predicted octanol–water partition coefficient (Wildman–Crippen LogP) is 2.40. The molecule has 1 aliphatic carbocycles. The molecule has 0 atom stereocenters. The van der Waals surface area contributed by atoms with E-state index in [1.807, 2.05) is 18.2 Å². The Hall–Kier alpha value is -2.08. The summed E-state index contributed by atoms with van der Waals surface area (Å²) in [4.78, 5) is 8.94. The summed E-state index contributed by atoms with van der Waals surface area (Å²) in [6, 6.07) is 5.70. The summed E-state index contributed by atoms with van der Waals surface area (Å²) in [6.45, 7) is 1.69. The number of ether oxygens (including phenoxy) is 1. The molecule has 3 rings (SSSR count). The van der Waals surface area contributed by atoms with E-state index in [9.17, 15) is 0 Å². The van der Waals surface area contributed by atoms with Gasteiger partial charge in [-0.05, 0) is 56.2 Å². The van der Waals surface area contributed by atoms with Crippen LogP contribution in [0, 0.1) is 11.8 Å². The summed E-state index contributed by atoms with van der Waals surface area (Å²) >= 11 is 0. The van der Waals surface area contributed by atoms with Gasteiger partial charge in [0.2, 0.25) is 5.95 Å². The molecule has 6 heteroatoms. The number of aromatic nitrogens is 2. The average molecular weight is 315 g/mol. The minimum atomic E-state index is 0.446. The Morgan fingerprint density at radius 2 is 1.91 bits per heavy atom. The van der Waals surface area contributed by atoms with E-state index < -0.39 is 0 Å². The normalized spacial score (nSPS) is 21.3. The lowest BCUT2D eigenvalue weighted by atomic mass is 9.82. The fourth-order valence-corrected chi connectivity index (χ4v) is 3.34. The van der Waals surface area contributed by atoms with Crippen molar-refractivity contribution in [3.05, 3.63) is 18.2 Å². The number of nitrogens with two attached hydrogens (primary N) is 2. The van der Waals surface area contributed by atoms with Crippen LogP contribution in [0.3, 0.4) is 0 Å². The smallest absolute Gasteiger partial charge is 0.225 e. The van der Waals surface area contributed by atoms with E-state index in [1.165, 1.54) is 25.7 Å². The van der Waals surface area contributed by atoms with Crippen LogP contribution in [0.2, 0.25) is 0 Å². The van der Waals surface area contributed by atoms with Crippen molar-refractivity contribution < 1.29 is 4.74 Å². The van der Waals surface area contributed by atoms with Gasteiger partial charge in [0.05, 0.1) is 18.0 Å². The van der Waals surface area contributed by atoms with Crippen LogP contribution in [0.1, 0.15) is 25.7 Å². The maximum Gasteiger partial charge on any atom is 0.225 e. The van der Waals surface area contributed by atoms with Crippen LogP contribution in [0.4, 0.5) is 11.8 Å². The zero-order valence-electron chi connectivity index (χ0n) is 13.6. The minimum Gasteiger partial charge on any atom is -0.496 e. The van der Waals surface area contributed by atoms with E-state index >= 15 is 0 Å². The molecule has 0 unspecified atom stereocenters.